The first-order chi connectivity index (χ1) is 4.86. The molecule has 0 saturated carbocycles. The molecule has 50 valence electrons. The molecular weight excluding hydrogens is 130 g/mol. The van der Waals surface area contributed by atoms with Gasteiger partial charge in [-0.15, -0.1) is 0 Å². The Kier molecular flexibility index (Phi) is 0.917. The normalized spacial score (nSPS) is 10.4. The molecule has 2 heterocycles. The van der Waals surface area contributed by atoms with Gasteiger partial charge >= 0.3 is 5.63 Å². The lowest BCUT2D eigenvalue weighted by Crippen LogP contribution is -1.83. The second kappa shape index (κ2) is 1.73. The van der Waals surface area contributed by atoms with E-state index in [0.717, 1.165) is 5.69 Å². The maximum Gasteiger partial charge on any atom is 0.338 e. The van der Waals surface area contributed by atoms with Crippen molar-refractivity contribution in [3.63, 3.8) is 0 Å². The summed E-state index contributed by atoms with van der Waals surface area (Å²) in [6.07, 6.45) is 1.75. The Balaban J connectivity index is 2.88. The monoisotopic (exact) mass is 135 g/mol. The van der Waals surface area contributed by atoms with Crippen molar-refractivity contribution < 1.29 is 4.42 Å². The van der Waals surface area contributed by atoms with Gasteiger partial charge in [0.1, 0.15) is 0 Å². The van der Waals surface area contributed by atoms with E-state index in [1.54, 1.807) is 18.3 Å². The van der Waals surface area contributed by atoms with Gasteiger partial charge in [-0.25, -0.2) is 4.79 Å². The number of pyridine rings is 1. The van der Waals surface area contributed by atoms with Gasteiger partial charge in [-0.05, 0) is 12.1 Å². The minimum atomic E-state index is -0.308. The predicted octanol–water partition coefficient (Wildman–Crippen LogP) is 1.07. The van der Waals surface area contributed by atoms with Gasteiger partial charge in [-0.2, -0.15) is 0 Å². The number of furan rings is 1. The molecule has 0 radical (unpaired) electrons. The van der Waals surface area contributed by atoms with Gasteiger partial charge in [-0.3, -0.25) is 0 Å². The average Bonchev–Trinajstić information content (AvgIpc) is 2.27. The number of H-pyrrole nitrogens is 1. The van der Waals surface area contributed by atoms with Gasteiger partial charge in [0.2, 0.25) is 0 Å². The smallest absolute Gasteiger partial charge is 0.338 e. The number of fused-ring (bicyclic) bond motifs is 1. The molecule has 1 N–H and O–H groups in total. The topological polar surface area (TPSA) is 46.0 Å². The number of aromatic nitrogens is 1. The highest BCUT2D eigenvalue weighted by atomic mass is 16.4. The summed E-state index contributed by atoms with van der Waals surface area (Å²) < 4.78 is 4.78. The average molecular weight is 135 g/mol. The quantitative estimate of drug-likeness (QED) is 0.587. The molecule has 2 aliphatic rings. The van der Waals surface area contributed by atoms with E-state index in [-0.39, 0.29) is 5.63 Å². The summed E-state index contributed by atoms with van der Waals surface area (Å²) in [6.45, 7) is 0. The highest BCUT2D eigenvalue weighted by Gasteiger charge is 2.04. The van der Waals surface area contributed by atoms with Crippen LogP contribution in [0.5, 0.6) is 0 Å². The molecule has 0 atom stereocenters. The molecular formula is C7H5NO2. The molecule has 0 aromatic rings. The van der Waals surface area contributed by atoms with Gasteiger partial charge in [-0.1, -0.05) is 0 Å². The van der Waals surface area contributed by atoms with E-state index in [1.165, 1.54) is 6.07 Å². The molecule has 0 aromatic carbocycles. The van der Waals surface area contributed by atoms with Crippen LogP contribution in [0.1, 0.15) is 0 Å². The van der Waals surface area contributed by atoms with E-state index >= 15 is 0 Å². The highest BCUT2D eigenvalue weighted by molar-refractivity contribution is 5.52. The minimum absolute atomic E-state index is 0.308. The van der Waals surface area contributed by atoms with Crippen molar-refractivity contribution in [3.8, 4) is 11.5 Å². The highest BCUT2D eigenvalue weighted by Crippen LogP contribution is 2.14. The van der Waals surface area contributed by atoms with Crippen LogP contribution in [-0.4, -0.2) is 4.98 Å². The Hall–Kier alpha value is -1.51. The molecule has 0 fully saturated rings. The number of nitrogens with one attached hydrogen (secondary N) is 1. The number of hydrogen-bond acceptors (Lipinski definition) is 2. The van der Waals surface area contributed by atoms with Crippen LogP contribution in [-0.2, 0) is 0 Å². The number of aromatic amines is 1. The largest absolute Gasteiger partial charge is 0.421 e. The molecule has 0 bridgehead atoms. The minimum Gasteiger partial charge on any atom is -0.421 e. The Bertz CT molecular complexity index is 327. The van der Waals surface area contributed by atoms with Crippen LogP contribution < -0.4 is 5.63 Å². The molecule has 3 nitrogen and oxygen atoms in total. The van der Waals surface area contributed by atoms with Crippen LogP contribution >= 0.6 is 0 Å². The molecule has 0 spiro atoms. The van der Waals surface area contributed by atoms with Crippen LogP contribution in [0.3, 0.4) is 0 Å². The van der Waals surface area contributed by atoms with Gasteiger partial charge in [0.15, 0.2) is 5.76 Å². The standard InChI is InChI=1S/C7H5NO2/c9-7-4-5-6(10-7)2-1-3-8-5/h1-4,8H. The first-order valence-corrected chi connectivity index (χ1v) is 2.93. The van der Waals surface area contributed by atoms with E-state index in [2.05, 4.69) is 4.98 Å². The number of rotatable bonds is 0. The third-order valence-corrected chi connectivity index (χ3v) is 1.32. The molecule has 2 aliphatic heterocycles. The zero-order chi connectivity index (χ0) is 6.97. The molecule has 0 amide bonds. The van der Waals surface area contributed by atoms with Crippen molar-refractivity contribution in [2.45, 2.75) is 0 Å². The lowest BCUT2D eigenvalue weighted by molar-refractivity contribution is 0.543. The van der Waals surface area contributed by atoms with Crippen molar-refractivity contribution >= 4 is 0 Å². The maximum atomic E-state index is 10.6. The lowest BCUT2D eigenvalue weighted by atomic mass is 10.3. The fraction of sp³-hybridized carbons (Fsp3) is 0. The Morgan fingerprint density at radius 1 is 1.50 bits per heavy atom. The van der Waals surface area contributed by atoms with Crippen molar-refractivity contribution in [2.24, 2.45) is 0 Å². The van der Waals surface area contributed by atoms with Gasteiger partial charge in [0, 0.05) is 6.20 Å². The molecule has 0 aromatic heterocycles. The van der Waals surface area contributed by atoms with Crippen LogP contribution in [0, 0.1) is 0 Å². The summed E-state index contributed by atoms with van der Waals surface area (Å²) in [5.74, 6) is 0.604. The summed E-state index contributed by atoms with van der Waals surface area (Å²) in [5, 5.41) is 0. The Morgan fingerprint density at radius 3 is 3.20 bits per heavy atom. The first-order valence-electron chi connectivity index (χ1n) is 2.93. The van der Waals surface area contributed by atoms with E-state index in [9.17, 15) is 4.79 Å². The fourth-order valence-electron chi connectivity index (χ4n) is 0.892. The summed E-state index contributed by atoms with van der Waals surface area (Å²) in [7, 11) is 0. The summed E-state index contributed by atoms with van der Waals surface area (Å²) >= 11 is 0. The molecule has 3 heteroatoms. The summed E-state index contributed by atoms with van der Waals surface area (Å²) in [4.78, 5) is 13.5. The zero-order valence-electron chi connectivity index (χ0n) is 5.13. The Labute approximate surface area is 56.6 Å². The van der Waals surface area contributed by atoms with E-state index in [0.29, 0.717) is 5.76 Å². The second-order valence-corrected chi connectivity index (χ2v) is 2.01. The van der Waals surface area contributed by atoms with Crippen LogP contribution in [0.2, 0.25) is 0 Å². The number of hydrogen-bond donors (Lipinski definition) is 1. The predicted molar refractivity (Wildman–Crippen MR) is 36.0 cm³/mol. The first kappa shape index (κ1) is 5.29. The maximum absolute atomic E-state index is 10.6. The lowest BCUT2D eigenvalue weighted by Gasteiger charge is -1.90. The summed E-state index contributed by atoms with van der Waals surface area (Å²) in [6, 6.07) is 4.95. The second-order valence-electron chi connectivity index (χ2n) is 2.01. The van der Waals surface area contributed by atoms with Crippen molar-refractivity contribution in [3.05, 3.63) is 34.8 Å². The zero-order valence-corrected chi connectivity index (χ0v) is 5.13. The van der Waals surface area contributed by atoms with Gasteiger partial charge in [0.05, 0.1) is 11.8 Å². The SMILES string of the molecule is O=c1cc2[nH]cccc-2o1. The van der Waals surface area contributed by atoms with Gasteiger partial charge in [0.25, 0.3) is 0 Å². The molecule has 0 saturated heterocycles. The van der Waals surface area contributed by atoms with Crippen LogP contribution in [0.4, 0.5) is 0 Å². The van der Waals surface area contributed by atoms with E-state index < -0.39 is 0 Å². The van der Waals surface area contributed by atoms with Crippen molar-refractivity contribution in [2.75, 3.05) is 0 Å². The van der Waals surface area contributed by atoms with Crippen LogP contribution in [0.25, 0.3) is 11.5 Å². The molecule has 0 aliphatic carbocycles. The van der Waals surface area contributed by atoms with E-state index in [1.807, 2.05) is 0 Å². The summed E-state index contributed by atoms with van der Waals surface area (Å²) in [5.41, 5.74) is 0.435. The fourth-order valence-corrected chi connectivity index (χ4v) is 0.892. The van der Waals surface area contributed by atoms with E-state index in [4.69, 9.17) is 4.42 Å². The molecule has 2 rings (SSSR count). The Morgan fingerprint density at radius 2 is 2.40 bits per heavy atom. The molecule has 0 unspecified atom stereocenters. The third kappa shape index (κ3) is 0.639. The van der Waals surface area contributed by atoms with Crippen molar-refractivity contribution in [1.29, 1.82) is 0 Å². The molecule has 10 heavy (non-hydrogen) atoms. The van der Waals surface area contributed by atoms with Crippen LogP contribution in [0.15, 0.2) is 33.6 Å². The van der Waals surface area contributed by atoms with Crippen molar-refractivity contribution in [1.82, 2.24) is 4.98 Å². The third-order valence-electron chi connectivity index (χ3n) is 1.32. The van der Waals surface area contributed by atoms with Gasteiger partial charge < -0.3 is 9.40 Å².